The standard InChI is InChI=1S/C42H49N10O19P3S/c1-42(2,20-68-74(65,66)71-73(63,64)67-19-29-33(70-72(60,61)62)32(56)40(69-29)51-22-48-31-35(43)46-21-47-38(31)51)34(57)39(58)45-16-15-30(55)44-17-18-75-41(59)23-11-13-24(14-12-23)52-37(26-8-4-6-10-28(26)54)49-36(50-52)25-7-3-5-9-27(25)53/h3-14,21-22,29,32-34,40,53-54,56-57H,15-20H2,1-2H3,(H,44,55)(H,45,58)(H,63,64)(H,65,66)(H2,43,46,47)(H2,60,61,62). The first-order chi connectivity index (χ1) is 35.3. The van der Waals surface area contributed by atoms with Gasteiger partial charge in [-0.1, -0.05) is 49.9 Å². The minimum Gasteiger partial charge on any atom is -0.507 e. The maximum Gasteiger partial charge on any atom is 0.481 e. The highest BCUT2D eigenvalue weighted by molar-refractivity contribution is 8.14. The van der Waals surface area contributed by atoms with Gasteiger partial charge >= 0.3 is 23.5 Å². The molecule has 0 spiro atoms. The van der Waals surface area contributed by atoms with Crippen LogP contribution in [0.15, 0.2) is 85.5 Å². The third-order valence-electron chi connectivity index (χ3n) is 11.0. The van der Waals surface area contributed by atoms with Crippen LogP contribution < -0.4 is 16.4 Å². The second kappa shape index (κ2) is 23.5. The minimum atomic E-state index is -5.62. The topological polar surface area (TPSA) is 435 Å². The maximum atomic E-state index is 13.0. The van der Waals surface area contributed by atoms with Gasteiger partial charge in [0.15, 0.2) is 29.3 Å². The van der Waals surface area contributed by atoms with Crippen molar-refractivity contribution in [1.82, 2.24) is 44.9 Å². The van der Waals surface area contributed by atoms with Gasteiger partial charge in [0.2, 0.25) is 16.9 Å². The van der Waals surface area contributed by atoms with Crippen molar-refractivity contribution in [2.75, 3.05) is 37.8 Å². The molecule has 2 amide bonds. The number of phosphoric acid groups is 3. The Labute approximate surface area is 428 Å². The van der Waals surface area contributed by atoms with Crippen molar-refractivity contribution >= 4 is 69.1 Å². The number of phenols is 2. The number of benzene rings is 3. The highest BCUT2D eigenvalue weighted by Gasteiger charge is 2.50. The largest absolute Gasteiger partial charge is 0.507 e. The number of carbonyl (C=O) groups excluding carboxylic acids is 3. The second-order valence-corrected chi connectivity index (χ2v) is 22.3. The SMILES string of the molecule is CC(C)(COP(=O)(O)OP(=O)(O)OCC1OC(n2cnc3c(N)ncnc32)C(O)C1OP(=O)(O)O)C(O)C(=O)NCCC(=O)NCCSC(=O)c1ccc(-n2nc(-c3ccccc3O)nc2-c2ccccc2O)cc1. The van der Waals surface area contributed by atoms with Crippen molar-refractivity contribution in [3.63, 3.8) is 0 Å². The zero-order valence-corrected chi connectivity index (χ0v) is 42.7. The van der Waals surface area contributed by atoms with Crippen LogP contribution in [-0.4, -0.2) is 148 Å². The Bertz CT molecular complexity index is 3200. The summed E-state index contributed by atoms with van der Waals surface area (Å²) < 4.78 is 64.1. The summed E-state index contributed by atoms with van der Waals surface area (Å²) >= 11 is 0.934. The Balaban J connectivity index is 0.829. The van der Waals surface area contributed by atoms with E-state index in [1.807, 2.05) is 0 Å². The Hall–Kier alpha value is -6.04. The average Bonchev–Trinajstić information content (AvgIpc) is 4.07. The lowest BCUT2D eigenvalue weighted by atomic mass is 9.87. The molecule has 3 aromatic carbocycles. The van der Waals surface area contributed by atoms with Crippen molar-refractivity contribution in [2.45, 2.75) is 50.9 Å². The van der Waals surface area contributed by atoms with Gasteiger partial charge in [0.25, 0.3) is 0 Å². The van der Waals surface area contributed by atoms with Crippen molar-refractivity contribution in [3.8, 4) is 40.0 Å². The van der Waals surface area contributed by atoms with Crippen molar-refractivity contribution < 1.29 is 90.7 Å². The second-order valence-electron chi connectivity index (χ2n) is 17.0. The number of imidazole rings is 1. The van der Waals surface area contributed by atoms with E-state index in [0.29, 0.717) is 22.4 Å². The lowest BCUT2D eigenvalue weighted by Crippen LogP contribution is -2.46. The molecule has 1 aliphatic heterocycles. The van der Waals surface area contributed by atoms with Gasteiger partial charge in [0.05, 0.1) is 36.4 Å². The molecule has 33 heteroatoms. The predicted molar refractivity (Wildman–Crippen MR) is 262 cm³/mol. The predicted octanol–water partition coefficient (Wildman–Crippen LogP) is 2.30. The summed E-state index contributed by atoms with van der Waals surface area (Å²) in [5, 5.41) is 52.0. The number of nitrogens with two attached hydrogens (primary N) is 1. The molecule has 6 aromatic rings. The number of nitrogen functional groups attached to an aromatic ring is 1. The monoisotopic (exact) mass is 1120 g/mol. The number of ether oxygens (including phenoxy) is 1. The number of aromatic hydroxyl groups is 2. The molecule has 0 aliphatic carbocycles. The Morgan fingerprint density at radius 3 is 2.20 bits per heavy atom. The number of aliphatic hydroxyl groups is 2. The third-order valence-corrected chi connectivity index (χ3v) is 15.0. The first-order valence-corrected chi connectivity index (χ1v) is 27.5. The molecule has 75 heavy (non-hydrogen) atoms. The van der Waals surface area contributed by atoms with Crippen LogP contribution in [0.25, 0.3) is 39.6 Å². The smallest absolute Gasteiger partial charge is 0.481 e. The van der Waals surface area contributed by atoms with E-state index >= 15 is 0 Å². The molecule has 4 heterocycles. The molecule has 0 radical (unpaired) electrons. The van der Waals surface area contributed by atoms with E-state index < -0.39 is 84.6 Å². The first-order valence-electron chi connectivity index (χ1n) is 22.0. The average molecular weight is 1120 g/mol. The number of hydrogen-bond donors (Lipinski definition) is 11. The number of phenolic OH excluding ortho intramolecular Hbond substituents is 2. The molecule has 29 nitrogen and oxygen atoms in total. The molecule has 1 saturated heterocycles. The van der Waals surface area contributed by atoms with Crippen LogP contribution in [-0.2, 0) is 45.9 Å². The maximum absolute atomic E-state index is 13.0. The number of hydrogen-bond acceptors (Lipinski definition) is 22. The normalized spacial score (nSPS) is 19.0. The summed E-state index contributed by atoms with van der Waals surface area (Å²) in [7, 11) is -16.5. The van der Waals surface area contributed by atoms with Crippen LogP contribution in [0.4, 0.5) is 5.82 Å². The van der Waals surface area contributed by atoms with Gasteiger partial charge in [0.1, 0.15) is 47.8 Å². The van der Waals surface area contributed by atoms with Crippen molar-refractivity contribution in [3.05, 3.63) is 91.0 Å². The van der Waals surface area contributed by atoms with E-state index in [9.17, 15) is 68.1 Å². The van der Waals surface area contributed by atoms with Gasteiger partial charge < -0.3 is 61.1 Å². The molecule has 402 valence electrons. The first kappa shape index (κ1) is 56.7. The number of phosphoric ester groups is 3. The van der Waals surface area contributed by atoms with Crippen LogP contribution >= 0.6 is 35.2 Å². The van der Waals surface area contributed by atoms with Crippen molar-refractivity contribution in [2.24, 2.45) is 5.41 Å². The van der Waals surface area contributed by atoms with Gasteiger partial charge in [-0.25, -0.2) is 38.3 Å². The van der Waals surface area contributed by atoms with E-state index in [-0.39, 0.29) is 70.5 Å². The summed E-state index contributed by atoms with van der Waals surface area (Å²) in [6.45, 7) is 0.190. The lowest BCUT2D eigenvalue weighted by Gasteiger charge is -2.30. The summed E-state index contributed by atoms with van der Waals surface area (Å²) in [6.07, 6.45) is -7.16. The molecular formula is C42H49N10O19P3S. The zero-order valence-electron chi connectivity index (χ0n) is 39.2. The number of amides is 2. The zero-order chi connectivity index (χ0) is 54.5. The van der Waals surface area contributed by atoms with Gasteiger partial charge in [0, 0.05) is 36.2 Å². The van der Waals surface area contributed by atoms with E-state index in [0.717, 1.165) is 29.0 Å². The van der Waals surface area contributed by atoms with Gasteiger partial charge in [-0.2, -0.15) is 4.31 Å². The fraction of sp³-hybridized carbons (Fsp3) is 0.333. The van der Waals surface area contributed by atoms with Gasteiger partial charge in [-0.3, -0.25) is 32.5 Å². The highest BCUT2D eigenvalue weighted by atomic mass is 32.2. The number of rotatable bonds is 23. The lowest BCUT2D eigenvalue weighted by molar-refractivity contribution is -0.137. The molecule has 0 bridgehead atoms. The van der Waals surface area contributed by atoms with Crippen LogP contribution in [0.2, 0.25) is 0 Å². The quantitative estimate of drug-likeness (QED) is 0.0324. The Kier molecular flexibility index (Phi) is 17.7. The molecule has 7 unspecified atom stereocenters. The molecule has 7 rings (SSSR count). The van der Waals surface area contributed by atoms with E-state index in [4.69, 9.17) is 19.5 Å². The van der Waals surface area contributed by atoms with Crippen LogP contribution in [0, 0.1) is 5.41 Å². The van der Waals surface area contributed by atoms with Crippen molar-refractivity contribution in [1.29, 1.82) is 0 Å². The van der Waals surface area contributed by atoms with Gasteiger partial charge in [-0.15, -0.1) is 5.10 Å². The Morgan fingerprint density at radius 2 is 1.53 bits per heavy atom. The molecule has 7 atom stereocenters. The minimum absolute atomic E-state index is 0.0162. The van der Waals surface area contributed by atoms with E-state index in [2.05, 4.69) is 44.5 Å². The molecule has 0 saturated carbocycles. The van der Waals surface area contributed by atoms with Crippen LogP contribution in [0.3, 0.4) is 0 Å². The fourth-order valence-electron chi connectivity index (χ4n) is 7.20. The third kappa shape index (κ3) is 14.3. The number of nitrogens with zero attached hydrogens (tertiary/aromatic N) is 7. The number of thioether (sulfide) groups is 1. The van der Waals surface area contributed by atoms with Crippen LogP contribution in [0.1, 0.15) is 36.9 Å². The number of fused-ring (bicyclic) bond motifs is 1. The summed E-state index contributed by atoms with van der Waals surface area (Å²) in [5.41, 5.74) is 5.80. The number of aliphatic hydroxyl groups excluding tert-OH is 2. The molecular weight excluding hydrogens is 1070 g/mol. The van der Waals surface area contributed by atoms with E-state index in [1.54, 1.807) is 60.7 Å². The summed E-state index contributed by atoms with van der Waals surface area (Å²) in [6, 6.07) is 19.5. The number of nitrogens with one attached hydrogen (secondary N) is 2. The Morgan fingerprint density at radius 1 is 0.880 bits per heavy atom. The summed E-state index contributed by atoms with van der Waals surface area (Å²) in [4.78, 5) is 94.2. The number of carbonyl (C=O) groups is 3. The fourth-order valence-corrected chi connectivity index (χ4v) is 10.7. The van der Waals surface area contributed by atoms with Crippen LogP contribution in [0.5, 0.6) is 11.5 Å². The van der Waals surface area contributed by atoms with Gasteiger partial charge in [-0.05, 0) is 48.5 Å². The molecule has 3 aromatic heterocycles. The molecule has 1 aliphatic rings. The number of para-hydroxylation sites is 2. The molecule has 1 fully saturated rings. The summed E-state index contributed by atoms with van der Waals surface area (Å²) in [5.74, 6) is -1.01. The highest BCUT2D eigenvalue weighted by Crippen LogP contribution is 2.61. The molecule has 12 N–H and O–H groups in total. The number of aromatic nitrogens is 7. The van der Waals surface area contributed by atoms with E-state index in [1.165, 1.54) is 30.7 Å². The number of anilines is 1.